The molecule has 1 saturated carbocycles. The van der Waals surface area contributed by atoms with E-state index in [2.05, 4.69) is 4.99 Å². The first-order chi connectivity index (χ1) is 10.6. The Morgan fingerprint density at radius 1 is 1.14 bits per heavy atom. The smallest absolute Gasteiger partial charge is 0.363 e. The predicted molar refractivity (Wildman–Crippen MR) is 88.8 cm³/mol. The Labute approximate surface area is 131 Å². The first-order valence-electron chi connectivity index (χ1n) is 7.93. The van der Waals surface area contributed by atoms with Crippen molar-refractivity contribution in [3.05, 3.63) is 35.5 Å². The highest BCUT2D eigenvalue weighted by Gasteiger charge is 2.29. The molecule has 4 heteroatoms. The number of carbonyl (C=O) groups is 1. The van der Waals surface area contributed by atoms with Gasteiger partial charge in [0.2, 0.25) is 5.90 Å². The maximum atomic E-state index is 12.0. The van der Waals surface area contributed by atoms with Crippen LogP contribution in [-0.2, 0) is 9.53 Å². The summed E-state index contributed by atoms with van der Waals surface area (Å²) >= 11 is 0. The number of hydrogen-bond donors (Lipinski definition) is 0. The summed E-state index contributed by atoms with van der Waals surface area (Å²) in [4.78, 5) is 18.5. The van der Waals surface area contributed by atoms with Gasteiger partial charge >= 0.3 is 5.97 Å². The molecule has 1 aromatic carbocycles. The zero-order valence-electron chi connectivity index (χ0n) is 13.2. The van der Waals surface area contributed by atoms with Crippen molar-refractivity contribution in [1.82, 2.24) is 0 Å². The van der Waals surface area contributed by atoms with E-state index in [1.54, 1.807) is 6.08 Å². The molecule has 0 amide bonds. The summed E-state index contributed by atoms with van der Waals surface area (Å²) in [6.45, 7) is 0. The van der Waals surface area contributed by atoms with E-state index in [1.807, 2.05) is 43.3 Å². The van der Waals surface area contributed by atoms with Gasteiger partial charge in [-0.15, -0.1) is 0 Å². The van der Waals surface area contributed by atoms with E-state index >= 15 is 0 Å². The second-order valence-corrected chi connectivity index (χ2v) is 6.19. The highest BCUT2D eigenvalue weighted by molar-refractivity contribution is 6.07. The Hall–Kier alpha value is -2.10. The molecule has 0 N–H and O–H groups in total. The Morgan fingerprint density at radius 3 is 2.45 bits per heavy atom. The molecule has 4 nitrogen and oxygen atoms in total. The first-order valence-corrected chi connectivity index (χ1v) is 7.93. The second-order valence-electron chi connectivity index (χ2n) is 6.19. The lowest BCUT2D eigenvalue weighted by Crippen LogP contribution is -2.19. The summed E-state index contributed by atoms with van der Waals surface area (Å²) in [5.41, 5.74) is 2.51. The Morgan fingerprint density at radius 2 is 1.82 bits per heavy atom. The third-order valence-corrected chi connectivity index (χ3v) is 4.30. The summed E-state index contributed by atoms with van der Waals surface area (Å²) in [6.07, 6.45) is 7.64. The summed E-state index contributed by atoms with van der Waals surface area (Å²) in [7, 11) is 4.01. The SMILES string of the molecule is CN(C)c1ccc(/C=C2\N=C(C3CCCCC3)OC2=O)cc1. The van der Waals surface area contributed by atoms with Gasteiger partial charge in [-0.2, -0.15) is 0 Å². The van der Waals surface area contributed by atoms with Crippen molar-refractivity contribution < 1.29 is 9.53 Å². The number of nitrogens with zero attached hydrogens (tertiary/aromatic N) is 2. The fourth-order valence-corrected chi connectivity index (χ4v) is 2.98. The van der Waals surface area contributed by atoms with Crippen molar-refractivity contribution in [2.45, 2.75) is 32.1 Å². The van der Waals surface area contributed by atoms with E-state index in [0.29, 0.717) is 17.5 Å². The van der Waals surface area contributed by atoms with Gasteiger partial charge in [-0.25, -0.2) is 9.79 Å². The maximum absolute atomic E-state index is 12.0. The largest absolute Gasteiger partial charge is 0.406 e. The maximum Gasteiger partial charge on any atom is 0.363 e. The van der Waals surface area contributed by atoms with Crippen molar-refractivity contribution in [2.24, 2.45) is 10.9 Å². The zero-order valence-corrected chi connectivity index (χ0v) is 13.2. The van der Waals surface area contributed by atoms with Gasteiger partial charge in [-0.3, -0.25) is 0 Å². The molecule has 1 fully saturated rings. The molecule has 0 atom stereocenters. The molecule has 1 aromatic rings. The fraction of sp³-hybridized carbons (Fsp3) is 0.444. The average Bonchev–Trinajstić information content (AvgIpc) is 2.90. The number of benzene rings is 1. The zero-order chi connectivity index (χ0) is 15.5. The van der Waals surface area contributed by atoms with Crippen LogP contribution in [0.3, 0.4) is 0 Å². The number of ether oxygens (including phenoxy) is 1. The summed E-state index contributed by atoms with van der Waals surface area (Å²) in [5, 5.41) is 0. The summed E-state index contributed by atoms with van der Waals surface area (Å²) in [5.74, 6) is 0.623. The molecule has 0 bridgehead atoms. The fourth-order valence-electron chi connectivity index (χ4n) is 2.98. The van der Waals surface area contributed by atoms with Crippen LogP contribution in [0.25, 0.3) is 6.08 Å². The molecule has 0 aromatic heterocycles. The van der Waals surface area contributed by atoms with Crippen molar-refractivity contribution in [2.75, 3.05) is 19.0 Å². The van der Waals surface area contributed by atoms with Gasteiger partial charge in [0.1, 0.15) is 0 Å². The summed E-state index contributed by atoms with van der Waals surface area (Å²) in [6, 6.07) is 8.03. The van der Waals surface area contributed by atoms with Crippen LogP contribution < -0.4 is 4.90 Å². The number of hydrogen-bond acceptors (Lipinski definition) is 4. The van der Waals surface area contributed by atoms with E-state index in [-0.39, 0.29) is 5.97 Å². The Balaban J connectivity index is 1.77. The lowest BCUT2D eigenvalue weighted by Gasteiger charge is -2.19. The highest BCUT2D eigenvalue weighted by atomic mass is 16.6. The number of cyclic esters (lactones) is 1. The molecule has 22 heavy (non-hydrogen) atoms. The Kier molecular flexibility index (Phi) is 4.27. The molecule has 116 valence electrons. The monoisotopic (exact) mass is 298 g/mol. The molecular weight excluding hydrogens is 276 g/mol. The molecular formula is C18H22N2O2. The van der Waals surface area contributed by atoms with Gasteiger partial charge in [-0.05, 0) is 36.6 Å². The molecule has 1 aliphatic heterocycles. The van der Waals surface area contributed by atoms with Crippen LogP contribution >= 0.6 is 0 Å². The lowest BCUT2D eigenvalue weighted by molar-refractivity contribution is -0.130. The molecule has 0 unspecified atom stereocenters. The van der Waals surface area contributed by atoms with E-state index in [1.165, 1.54) is 19.3 Å². The van der Waals surface area contributed by atoms with Gasteiger partial charge in [0.15, 0.2) is 5.70 Å². The highest BCUT2D eigenvalue weighted by Crippen LogP contribution is 2.29. The number of carbonyl (C=O) groups excluding carboxylic acids is 1. The predicted octanol–water partition coefficient (Wildman–Crippen LogP) is 3.63. The number of esters is 1. The minimum atomic E-state index is -0.322. The number of anilines is 1. The molecule has 0 saturated heterocycles. The third kappa shape index (κ3) is 3.21. The molecule has 3 rings (SSSR count). The van der Waals surface area contributed by atoms with Crippen LogP contribution in [0.15, 0.2) is 35.0 Å². The van der Waals surface area contributed by atoms with Crippen LogP contribution in [0.5, 0.6) is 0 Å². The average molecular weight is 298 g/mol. The molecule has 0 spiro atoms. The van der Waals surface area contributed by atoms with E-state index in [4.69, 9.17) is 4.74 Å². The lowest BCUT2D eigenvalue weighted by atomic mass is 9.89. The minimum Gasteiger partial charge on any atom is -0.406 e. The van der Waals surface area contributed by atoms with Gasteiger partial charge < -0.3 is 9.64 Å². The summed E-state index contributed by atoms with van der Waals surface area (Å²) < 4.78 is 5.38. The van der Waals surface area contributed by atoms with Crippen molar-refractivity contribution in [1.29, 1.82) is 0 Å². The Bertz CT molecular complexity index is 608. The van der Waals surface area contributed by atoms with Gasteiger partial charge in [0.05, 0.1) is 0 Å². The van der Waals surface area contributed by atoms with E-state index in [9.17, 15) is 4.79 Å². The minimum absolute atomic E-state index is 0.319. The van der Waals surface area contributed by atoms with Crippen molar-refractivity contribution in [3.63, 3.8) is 0 Å². The van der Waals surface area contributed by atoms with Crippen LogP contribution in [0.4, 0.5) is 5.69 Å². The second kappa shape index (κ2) is 6.34. The van der Waals surface area contributed by atoms with Gasteiger partial charge in [0, 0.05) is 25.7 Å². The van der Waals surface area contributed by atoms with Gasteiger partial charge in [-0.1, -0.05) is 31.4 Å². The third-order valence-electron chi connectivity index (χ3n) is 4.30. The number of rotatable bonds is 3. The van der Waals surface area contributed by atoms with Crippen LogP contribution in [0.1, 0.15) is 37.7 Å². The first kappa shape index (κ1) is 14.8. The van der Waals surface area contributed by atoms with Crippen molar-refractivity contribution in [3.8, 4) is 0 Å². The van der Waals surface area contributed by atoms with Crippen LogP contribution in [-0.4, -0.2) is 26.0 Å². The quantitative estimate of drug-likeness (QED) is 0.632. The van der Waals surface area contributed by atoms with Crippen LogP contribution in [0, 0.1) is 5.92 Å². The van der Waals surface area contributed by atoms with Crippen molar-refractivity contribution >= 4 is 23.6 Å². The normalized spacial score (nSPS) is 20.9. The molecule has 1 aliphatic carbocycles. The topological polar surface area (TPSA) is 41.9 Å². The number of aliphatic imine (C=N–C) groups is 1. The van der Waals surface area contributed by atoms with Crippen LogP contribution in [0.2, 0.25) is 0 Å². The van der Waals surface area contributed by atoms with E-state index in [0.717, 1.165) is 24.1 Å². The molecule has 0 radical (unpaired) electrons. The molecule has 1 heterocycles. The molecule has 2 aliphatic rings. The van der Waals surface area contributed by atoms with Gasteiger partial charge in [0.25, 0.3) is 0 Å². The standard InChI is InChI=1S/C18H22N2O2/c1-20(2)15-10-8-13(9-11-15)12-16-18(21)22-17(19-16)14-6-4-3-5-7-14/h8-12,14H,3-7H2,1-2H3/b16-12-. The van der Waals surface area contributed by atoms with E-state index < -0.39 is 0 Å².